The molecular weight excluding hydrogens is 162 g/mol. The summed E-state index contributed by atoms with van der Waals surface area (Å²) in [5.74, 6) is 0.292. The third kappa shape index (κ3) is 10.9. The van der Waals surface area contributed by atoms with Gasteiger partial charge in [0.05, 0.1) is 0 Å². The van der Waals surface area contributed by atoms with Crippen molar-refractivity contribution < 1.29 is 4.79 Å². The van der Waals surface area contributed by atoms with Gasteiger partial charge in [0.15, 0.2) is 0 Å². The third-order valence-electron chi connectivity index (χ3n) is 1.31. The van der Waals surface area contributed by atoms with Gasteiger partial charge in [0, 0.05) is 20.0 Å². The van der Waals surface area contributed by atoms with Gasteiger partial charge in [-0.05, 0) is 20.3 Å². The summed E-state index contributed by atoms with van der Waals surface area (Å²) in [6, 6.07) is 0. The molecule has 1 heterocycles. The lowest BCUT2D eigenvalue weighted by Crippen LogP contribution is -2.17. The Morgan fingerprint density at radius 2 is 1.69 bits per heavy atom. The maximum absolute atomic E-state index is 10.5. The number of hydrogen-bond donors (Lipinski definition) is 0. The quantitative estimate of drug-likeness (QED) is 0.529. The van der Waals surface area contributed by atoms with E-state index in [2.05, 4.69) is 13.2 Å². The minimum Gasteiger partial charge on any atom is -0.346 e. The summed E-state index contributed by atoms with van der Waals surface area (Å²) in [6.45, 7) is 11.5. The van der Waals surface area contributed by atoms with Crippen LogP contribution >= 0.6 is 0 Å². The van der Waals surface area contributed by atoms with Crippen molar-refractivity contribution in [2.75, 3.05) is 13.6 Å². The number of nitrogens with zero attached hydrogens (tertiary/aromatic N) is 1. The molecule has 0 aromatic rings. The van der Waals surface area contributed by atoms with Gasteiger partial charge in [-0.2, -0.15) is 0 Å². The van der Waals surface area contributed by atoms with Crippen LogP contribution in [0.4, 0.5) is 0 Å². The van der Waals surface area contributed by atoms with E-state index >= 15 is 0 Å². The van der Waals surface area contributed by atoms with E-state index < -0.39 is 0 Å². The van der Waals surface area contributed by atoms with Gasteiger partial charge in [-0.25, -0.2) is 0 Å². The van der Waals surface area contributed by atoms with Crippen LogP contribution in [0.15, 0.2) is 25.3 Å². The predicted molar refractivity (Wildman–Crippen MR) is 58.6 cm³/mol. The van der Waals surface area contributed by atoms with Crippen LogP contribution in [0.25, 0.3) is 0 Å². The smallest absolute Gasteiger partial charge is 0.222 e. The van der Waals surface area contributed by atoms with Crippen LogP contribution in [-0.4, -0.2) is 24.4 Å². The van der Waals surface area contributed by atoms with E-state index in [1.165, 1.54) is 0 Å². The average molecular weight is 183 g/mol. The number of amides is 1. The van der Waals surface area contributed by atoms with Gasteiger partial charge in [-0.1, -0.05) is 12.2 Å². The Labute approximate surface area is 81.9 Å². The Balaban J connectivity index is 0. The van der Waals surface area contributed by atoms with Crippen molar-refractivity contribution in [3.05, 3.63) is 25.3 Å². The van der Waals surface area contributed by atoms with Crippen LogP contribution in [0.1, 0.15) is 26.7 Å². The molecule has 0 atom stereocenters. The van der Waals surface area contributed by atoms with Crippen molar-refractivity contribution in [1.29, 1.82) is 0 Å². The summed E-state index contributed by atoms with van der Waals surface area (Å²) in [5.41, 5.74) is 0. The van der Waals surface area contributed by atoms with Crippen LogP contribution in [0.3, 0.4) is 0 Å². The van der Waals surface area contributed by atoms with E-state index in [-0.39, 0.29) is 0 Å². The molecule has 1 aliphatic heterocycles. The monoisotopic (exact) mass is 183 g/mol. The van der Waals surface area contributed by atoms with Gasteiger partial charge in [-0.15, -0.1) is 13.2 Å². The number of allylic oxidation sites excluding steroid dienone is 2. The normalized spacial score (nSPS) is 13.5. The van der Waals surface area contributed by atoms with Crippen molar-refractivity contribution in [3.63, 3.8) is 0 Å². The van der Waals surface area contributed by atoms with Crippen molar-refractivity contribution in [2.24, 2.45) is 0 Å². The first-order valence-electron chi connectivity index (χ1n) is 4.52. The number of hydrogen-bond acceptors (Lipinski definition) is 1. The predicted octanol–water partition coefficient (Wildman–Crippen LogP) is 2.62. The standard InChI is InChI=1S/C5H9NO.2C3H6/c1-6-4-2-3-5(6)7;2*1-3-2/h2-4H2,1H3;2*3H,1H2,2H3. The molecule has 0 unspecified atom stereocenters. The van der Waals surface area contributed by atoms with E-state index in [4.69, 9.17) is 0 Å². The molecule has 0 aromatic carbocycles. The molecular formula is C11H21NO. The van der Waals surface area contributed by atoms with Crippen LogP contribution in [0.2, 0.25) is 0 Å². The molecule has 1 aliphatic rings. The zero-order valence-electron chi connectivity index (χ0n) is 9.05. The van der Waals surface area contributed by atoms with Crippen molar-refractivity contribution in [2.45, 2.75) is 26.7 Å². The number of carbonyl (C=O) groups excluding carboxylic acids is 1. The van der Waals surface area contributed by atoms with Gasteiger partial charge in [-0.3, -0.25) is 4.79 Å². The molecule has 0 N–H and O–H groups in total. The summed E-state index contributed by atoms with van der Waals surface area (Å²) >= 11 is 0. The lowest BCUT2D eigenvalue weighted by Gasteiger charge is -2.03. The average Bonchev–Trinajstić information content (AvgIpc) is 2.39. The lowest BCUT2D eigenvalue weighted by molar-refractivity contribution is -0.126. The topological polar surface area (TPSA) is 20.3 Å². The van der Waals surface area contributed by atoms with Crippen LogP contribution in [0, 0.1) is 0 Å². The van der Waals surface area contributed by atoms with Crippen molar-refractivity contribution >= 4 is 5.91 Å². The lowest BCUT2D eigenvalue weighted by atomic mass is 10.4. The Morgan fingerprint density at radius 3 is 1.77 bits per heavy atom. The van der Waals surface area contributed by atoms with Gasteiger partial charge < -0.3 is 4.90 Å². The molecule has 1 saturated heterocycles. The second-order valence-corrected chi connectivity index (χ2v) is 2.74. The molecule has 13 heavy (non-hydrogen) atoms. The Kier molecular flexibility index (Phi) is 12.2. The van der Waals surface area contributed by atoms with E-state index in [1.807, 2.05) is 20.9 Å². The fraction of sp³-hybridized carbons (Fsp3) is 0.545. The minimum absolute atomic E-state index is 0.292. The fourth-order valence-corrected chi connectivity index (χ4v) is 0.783. The first-order chi connectivity index (χ1) is 6.13. The van der Waals surface area contributed by atoms with E-state index in [1.54, 1.807) is 17.1 Å². The van der Waals surface area contributed by atoms with Crippen LogP contribution in [-0.2, 0) is 4.79 Å². The summed E-state index contributed by atoms with van der Waals surface area (Å²) in [4.78, 5) is 12.3. The molecule has 2 nitrogen and oxygen atoms in total. The molecule has 0 aliphatic carbocycles. The third-order valence-corrected chi connectivity index (χ3v) is 1.31. The van der Waals surface area contributed by atoms with Crippen molar-refractivity contribution in [3.8, 4) is 0 Å². The van der Waals surface area contributed by atoms with Crippen LogP contribution in [0.5, 0.6) is 0 Å². The highest BCUT2D eigenvalue weighted by Gasteiger charge is 2.14. The maximum Gasteiger partial charge on any atom is 0.222 e. The van der Waals surface area contributed by atoms with Gasteiger partial charge in [0.2, 0.25) is 5.91 Å². The second-order valence-electron chi connectivity index (χ2n) is 2.74. The summed E-state index contributed by atoms with van der Waals surface area (Å²) in [6.07, 6.45) is 5.31. The van der Waals surface area contributed by atoms with Gasteiger partial charge in [0.1, 0.15) is 0 Å². The SMILES string of the molecule is C=CC.C=CC.CN1CCCC1=O. The minimum atomic E-state index is 0.292. The van der Waals surface area contributed by atoms with Gasteiger partial charge in [0.25, 0.3) is 0 Å². The molecule has 0 radical (unpaired) electrons. The molecule has 0 bridgehead atoms. The number of likely N-dealkylation sites (tertiary alicyclic amines) is 1. The highest BCUT2D eigenvalue weighted by atomic mass is 16.2. The first kappa shape index (κ1) is 14.5. The summed E-state index contributed by atoms with van der Waals surface area (Å²) < 4.78 is 0. The molecule has 2 heteroatoms. The zero-order chi connectivity index (χ0) is 10.7. The molecule has 1 amide bonds. The Morgan fingerprint density at radius 1 is 1.31 bits per heavy atom. The molecule has 0 spiro atoms. The Hall–Kier alpha value is -1.05. The fourth-order valence-electron chi connectivity index (χ4n) is 0.783. The summed E-state index contributed by atoms with van der Waals surface area (Å²) in [5, 5.41) is 0. The highest BCUT2D eigenvalue weighted by Crippen LogP contribution is 2.04. The van der Waals surface area contributed by atoms with E-state index in [9.17, 15) is 4.79 Å². The zero-order valence-corrected chi connectivity index (χ0v) is 9.05. The second kappa shape index (κ2) is 11.0. The first-order valence-corrected chi connectivity index (χ1v) is 4.52. The molecule has 1 fully saturated rings. The highest BCUT2D eigenvalue weighted by molar-refractivity contribution is 5.77. The van der Waals surface area contributed by atoms with E-state index in [0.29, 0.717) is 5.91 Å². The number of carbonyl (C=O) groups is 1. The molecule has 76 valence electrons. The summed E-state index contributed by atoms with van der Waals surface area (Å²) in [7, 11) is 1.84. The van der Waals surface area contributed by atoms with Crippen molar-refractivity contribution in [1.82, 2.24) is 4.90 Å². The van der Waals surface area contributed by atoms with Gasteiger partial charge >= 0.3 is 0 Å². The van der Waals surface area contributed by atoms with Crippen LogP contribution < -0.4 is 0 Å². The maximum atomic E-state index is 10.5. The largest absolute Gasteiger partial charge is 0.346 e. The molecule has 1 rings (SSSR count). The van der Waals surface area contributed by atoms with E-state index in [0.717, 1.165) is 19.4 Å². The molecule has 0 saturated carbocycles. The Bertz CT molecular complexity index is 146. The molecule has 0 aromatic heterocycles. The number of rotatable bonds is 0.